The van der Waals surface area contributed by atoms with Gasteiger partial charge < -0.3 is 15.5 Å². The molecule has 2 rings (SSSR count). The van der Waals surface area contributed by atoms with E-state index in [4.69, 9.17) is 12.2 Å². The van der Waals surface area contributed by atoms with Crippen molar-refractivity contribution < 1.29 is 9.18 Å². The first kappa shape index (κ1) is 18.9. The summed E-state index contributed by atoms with van der Waals surface area (Å²) in [6.45, 7) is 5.80. The van der Waals surface area contributed by atoms with Gasteiger partial charge in [-0.25, -0.2) is 4.39 Å². The van der Waals surface area contributed by atoms with Crippen molar-refractivity contribution in [2.45, 2.75) is 20.4 Å². The van der Waals surface area contributed by atoms with Crippen LogP contribution >= 0.6 is 12.2 Å². The summed E-state index contributed by atoms with van der Waals surface area (Å²) in [5.74, 6) is -0.239. The van der Waals surface area contributed by atoms with Gasteiger partial charge in [0.05, 0.1) is 0 Å². The van der Waals surface area contributed by atoms with Crippen LogP contribution in [0.2, 0.25) is 0 Å². The van der Waals surface area contributed by atoms with Crippen LogP contribution in [0.5, 0.6) is 0 Å². The second kappa shape index (κ2) is 9.13. The van der Waals surface area contributed by atoms with E-state index in [2.05, 4.69) is 10.6 Å². The molecule has 0 heterocycles. The number of hydrogen-bond donors (Lipinski definition) is 2. The SMILES string of the molecule is CCN(CC)C(=O)c1ccc(NC(=S)NCc2ccc(F)cc2)cc1. The normalized spacial score (nSPS) is 10.2. The molecule has 1 amide bonds. The number of benzene rings is 2. The maximum atomic E-state index is 12.9. The van der Waals surface area contributed by atoms with Gasteiger partial charge in [0.25, 0.3) is 5.91 Å². The van der Waals surface area contributed by atoms with E-state index in [-0.39, 0.29) is 11.7 Å². The monoisotopic (exact) mass is 359 g/mol. The number of halogens is 1. The highest BCUT2D eigenvalue weighted by atomic mass is 32.1. The van der Waals surface area contributed by atoms with Gasteiger partial charge in [-0.15, -0.1) is 0 Å². The Balaban J connectivity index is 1.88. The van der Waals surface area contributed by atoms with Crippen molar-refractivity contribution in [1.29, 1.82) is 0 Å². The average Bonchev–Trinajstić information content (AvgIpc) is 2.63. The fraction of sp³-hybridized carbons (Fsp3) is 0.263. The molecule has 0 bridgehead atoms. The first-order chi connectivity index (χ1) is 12.0. The van der Waals surface area contributed by atoms with Crippen LogP contribution in [-0.2, 0) is 6.54 Å². The van der Waals surface area contributed by atoms with E-state index in [9.17, 15) is 9.18 Å². The number of carbonyl (C=O) groups is 1. The molecule has 0 saturated carbocycles. The Morgan fingerprint density at radius 2 is 1.64 bits per heavy atom. The summed E-state index contributed by atoms with van der Waals surface area (Å²) >= 11 is 5.25. The summed E-state index contributed by atoms with van der Waals surface area (Å²) in [5.41, 5.74) is 2.39. The molecule has 2 aromatic rings. The van der Waals surface area contributed by atoms with Gasteiger partial charge in [-0.3, -0.25) is 4.79 Å². The number of carbonyl (C=O) groups excluding carboxylic acids is 1. The largest absolute Gasteiger partial charge is 0.358 e. The fourth-order valence-corrected chi connectivity index (χ4v) is 2.54. The number of amides is 1. The summed E-state index contributed by atoms with van der Waals surface area (Å²) in [4.78, 5) is 14.0. The van der Waals surface area contributed by atoms with Gasteiger partial charge in [0, 0.05) is 30.9 Å². The number of anilines is 1. The number of thiocarbonyl (C=S) groups is 1. The fourth-order valence-electron chi connectivity index (χ4n) is 2.35. The highest BCUT2D eigenvalue weighted by Gasteiger charge is 2.11. The Labute approximate surface area is 153 Å². The Morgan fingerprint density at radius 3 is 2.20 bits per heavy atom. The van der Waals surface area contributed by atoms with Crippen molar-refractivity contribution in [2.24, 2.45) is 0 Å². The zero-order valence-electron chi connectivity index (χ0n) is 14.4. The van der Waals surface area contributed by atoms with E-state index in [1.165, 1.54) is 12.1 Å². The predicted octanol–water partition coefficient (Wildman–Crippen LogP) is 3.79. The van der Waals surface area contributed by atoms with E-state index in [1.807, 2.05) is 26.0 Å². The molecule has 0 aliphatic carbocycles. The molecule has 0 radical (unpaired) electrons. The topological polar surface area (TPSA) is 44.4 Å². The van der Waals surface area contributed by atoms with Gasteiger partial charge in [-0.1, -0.05) is 12.1 Å². The molecule has 0 spiro atoms. The number of nitrogens with one attached hydrogen (secondary N) is 2. The molecule has 0 aromatic heterocycles. The minimum absolute atomic E-state index is 0.0218. The standard InChI is InChI=1S/C19H22FN3OS/c1-3-23(4-2)18(24)15-7-11-17(12-8-15)22-19(25)21-13-14-5-9-16(20)10-6-14/h5-12H,3-4,13H2,1-2H3,(H2,21,22,25). The van der Waals surface area contributed by atoms with Crippen LogP contribution in [0.15, 0.2) is 48.5 Å². The Bertz CT molecular complexity index is 712. The molecule has 0 saturated heterocycles. The molecule has 2 aromatic carbocycles. The maximum Gasteiger partial charge on any atom is 0.253 e. The van der Waals surface area contributed by atoms with Gasteiger partial charge in [-0.05, 0) is 68.0 Å². The van der Waals surface area contributed by atoms with E-state index < -0.39 is 0 Å². The zero-order chi connectivity index (χ0) is 18.2. The number of rotatable bonds is 6. The van der Waals surface area contributed by atoms with Crippen LogP contribution in [0.4, 0.5) is 10.1 Å². The highest BCUT2D eigenvalue weighted by molar-refractivity contribution is 7.80. The lowest BCUT2D eigenvalue weighted by molar-refractivity contribution is 0.0773. The third-order valence-electron chi connectivity index (χ3n) is 3.81. The smallest absolute Gasteiger partial charge is 0.253 e. The summed E-state index contributed by atoms with van der Waals surface area (Å²) in [6, 6.07) is 13.5. The summed E-state index contributed by atoms with van der Waals surface area (Å²) in [5, 5.41) is 6.60. The number of nitrogens with zero attached hydrogens (tertiary/aromatic N) is 1. The molecule has 6 heteroatoms. The van der Waals surface area contributed by atoms with Crippen molar-refractivity contribution in [3.63, 3.8) is 0 Å². The predicted molar refractivity (Wildman–Crippen MR) is 103 cm³/mol. The van der Waals surface area contributed by atoms with Gasteiger partial charge in [0.2, 0.25) is 0 Å². The van der Waals surface area contributed by atoms with Crippen LogP contribution in [-0.4, -0.2) is 29.0 Å². The Kier molecular flexibility index (Phi) is 6.89. The van der Waals surface area contributed by atoms with Crippen LogP contribution in [0.3, 0.4) is 0 Å². The van der Waals surface area contributed by atoms with E-state index in [0.29, 0.717) is 30.3 Å². The Hall–Kier alpha value is -2.47. The lowest BCUT2D eigenvalue weighted by atomic mass is 10.2. The third kappa shape index (κ3) is 5.53. The van der Waals surface area contributed by atoms with Crippen molar-refractivity contribution in [1.82, 2.24) is 10.2 Å². The van der Waals surface area contributed by atoms with Gasteiger partial charge >= 0.3 is 0 Å². The van der Waals surface area contributed by atoms with Crippen molar-refractivity contribution in [3.8, 4) is 0 Å². The van der Waals surface area contributed by atoms with Crippen LogP contribution in [0, 0.1) is 5.82 Å². The minimum atomic E-state index is -0.260. The second-order valence-corrected chi connectivity index (χ2v) is 5.90. The molecule has 0 aliphatic rings. The first-order valence-electron chi connectivity index (χ1n) is 8.22. The summed E-state index contributed by atoms with van der Waals surface area (Å²) < 4.78 is 12.9. The molecule has 2 N–H and O–H groups in total. The lowest BCUT2D eigenvalue weighted by Crippen LogP contribution is -2.30. The average molecular weight is 359 g/mol. The molecule has 132 valence electrons. The van der Waals surface area contributed by atoms with Gasteiger partial charge in [-0.2, -0.15) is 0 Å². The van der Waals surface area contributed by atoms with Crippen molar-refractivity contribution >= 4 is 28.9 Å². The molecular weight excluding hydrogens is 337 g/mol. The minimum Gasteiger partial charge on any atom is -0.358 e. The Morgan fingerprint density at radius 1 is 1.04 bits per heavy atom. The third-order valence-corrected chi connectivity index (χ3v) is 4.05. The van der Waals surface area contributed by atoms with Crippen LogP contribution in [0.1, 0.15) is 29.8 Å². The number of hydrogen-bond acceptors (Lipinski definition) is 2. The molecular formula is C19H22FN3OS. The van der Waals surface area contributed by atoms with Gasteiger partial charge in [0.1, 0.15) is 5.82 Å². The molecule has 0 unspecified atom stereocenters. The maximum absolute atomic E-state index is 12.9. The molecule has 25 heavy (non-hydrogen) atoms. The van der Waals surface area contributed by atoms with E-state index >= 15 is 0 Å². The summed E-state index contributed by atoms with van der Waals surface area (Å²) in [7, 11) is 0. The van der Waals surface area contributed by atoms with E-state index in [0.717, 1.165) is 11.3 Å². The zero-order valence-corrected chi connectivity index (χ0v) is 15.2. The molecule has 0 aliphatic heterocycles. The van der Waals surface area contributed by atoms with Crippen LogP contribution < -0.4 is 10.6 Å². The summed E-state index contributed by atoms with van der Waals surface area (Å²) in [6.07, 6.45) is 0. The van der Waals surface area contributed by atoms with Crippen molar-refractivity contribution in [3.05, 3.63) is 65.5 Å². The van der Waals surface area contributed by atoms with Crippen molar-refractivity contribution in [2.75, 3.05) is 18.4 Å². The van der Waals surface area contributed by atoms with Crippen LogP contribution in [0.25, 0.3) is 0 Å². The lowest BCUT2D eigenvalue weighted by Gasteiger charge is -2.18. The second-order valence-electron chi connectivity index (χ2n) is 5.49. The van der Waals surface area contributed by atoms with Gasteiger partial charge in [0.15, 0.2) is 5.11 Å². The highest BCUT2D eigenvalue weighted by Crippen LogP contribution is 2.12. The molecule has 0 fully saturated rings. The van der Waals surface area contributed by atoms with E-state index in [1.54, 1.807) is 29.2 Å². The molecule has 0 atom stereocenters. The quantitative estimate of drug-likeness (QED) is 0.770. The molecule has 4 nitrogen and oxygen atoms in total. The first-order valence-corrected chi connectivity index (χ1v) is 8.63.